The molecule has 0 aromatic heterocycles. The maximum absolute atomic E-state index is 10.1. The van der Waals surface area contributed by atoms with Gasteiger partial charge in [0.2, 0.25) is 10.4 Å². The first-order valence-electron chi connectivity index (χ1n) is 6.66. The third kappa shape index (κ3) is 28.1. The van der Waals surface area contributed by atoms with Crippen molar-refractivity contribution in [3.8, 4) is 0 Å². The topological polar surface area (TPSA) is 96.4 Å². The molecule has 0 radical (unpaired) electrons. The third-order valence-electron chi connectivity index (χ3n) is 2.73. The van der Waals surface area contributed by atoms with Gasteiger partial charge in [0.1, 0.15) is 0 Å². The molecule has 0 unspecified atom stereocenters. The summed E-state index contributed by atoms with van der Waals surface area (Å²) in [6.45, 7) is 2.24. The summed E-state index contributed by atoms with van der Waals surface area (Å²) in [5.41, 5.74) is 0. The van der Waals surface area contributed by atoms with Gasteiger partial charge in [-0.2, -0.15) is 0 Å². The van der Waals surface area contributed by atoms with Crippen LogP contribution >= 0.6 is 0 Å². The molecule has 0 rings (SSSR count). The molecule has 112 valence electrons. The molecule has 0 saturated carbocycles. The number of hydrogen-bond acceptors (Lipinski definition) is 5. The van der Waals surface area contributed by atoms with Gasteiger partial charge in [0.05, 0.1) is 6.61 Å². The van der Waals surface area contributed by atoms with Crippen LogP contribution in [0.15, 0.2) is 0 Å². The van der Waals surface area contributed by atoms with Gasteiger partial charge in [-0.25, -0.2) is 8.42 Å². The minimum atomic E-state index is -4.48. The van der Waals surface area contributed by atoms with Crippen molar-refractivity contribution in [2.24, 2.45) is 0 Å². The molecular formula is C12H26Na2O5S. The fourth-order valence-electron chi connectivity index (χ4n) is 1.75. The maximum Gasteiger partial charge on any atom is 1.00 e. The smallest absolute Gasteiger partial charge is 0.870 e. The van der Waals surface area contributed by atoms with Gasteiger partial charge < -0.3 is 10.0 Å². The summed E-state index contributed by atoms with van der Waals surface area (Å²) in [4.78, 5) is 0. The van der Waals surface area contributed by atoms with Crippen LogP contribution in [0.2, 0.25) is 0 Å². The molecule has 0 aromatic carbocycles. The van der Waals surface area contributed by atoms with Crippen LogP contribution in [0.5, 0.6) is 0 Å². The van der Waals surface area contributed by atoms with E-state index in [1.165, 1.54) is 44.9 Å². The molecule has 0 aliphatic carbocycles. The SMILES string of the molecule is CCCCCCCCCCCCOS(=O)(=O)[O-].[Na+].[Na+].[OH-]. The van der Waals surface area contributed by atoms with Crippen molar-refractivity contribution < 1.29 is 81.7 Å². The summed E-state index contributed by atoms with van der Waals surface area (Å²) >= 11 is 0. The van der Waals surface area contributed by atoms with Gasteiger partial charge in [0.25, 0.3) is 0 Å². The average molecular weight is 328 g/mol. The van der Waals surface area contributed by atoms with E-state index in [0.717, 1.165) is 12.8 Å². The van der Waals surface area contributed by atoms with Crippen molar-refractivity contribution in [2.75, 3.05) is 6.61 Å². The minimum Gasteiger partial charge on any atom is -0.870 e. The molecule has 0 aliphatic heterocycles. The maximum atomic E-state index is 10.1. The van der Waals surface area contributed by atoms with Crippen LogP contribution in [0.25, 0.3) is 0 Å². The molecule has 0 aliphatic rings. The van der Waals surface area contributed by atoms with Crippen molar-refractivity contribution in [2.45, 2.75) is 71.1 Å². The molecule has 0 saturated heterocycles. The zero-order valence-corrected chi connectivity index (χ0v) is 18.1. The Labute approximate surface area is 168 Å². The van der Waals surface area contributed by atoms with Gasteiger partial charge in [-0.1, -0.05) is 64.7 Å². The fraction of sp³-hybridized carbons (Fsp3) is 1.00. The molecular weight excluding hydrogens is 302 g/mol. The second-order valence-corrected chi connectivity index (χ2v) is 5.46. The van der Waals surface area contributed by atoms with Crippen LogP contribution in [0.1, 0.15) is 71.1 Å². The number of unbranched alkanes of at least 4 members (excludes halogenated alkanes) is 9. The Morgan fingerprint density at radius 1 is 0.800 bits per heavy atom. The third-order valence-corrected chi connectivity index (χ3v) is 3.18. The molecule has 5 nitrogen and oxygen atoms in total. The molecule has 0 spiro atoms. The molecule has 8 heteroatoms. The Morgan fingerprint density at radius 2 is 1.15 bits per heavy atom. The van der Waals surface area contributed by atoms with Crippen LogP contribution < -0.4 is 59.1 Å². The van der Waals surface area contributed by atoms with E-state index in [-0.39, 0.29) is 71.2 Å². The second-order valence-electron chi connectivity index (χ2n) is 4.41. The number of hydrogen-bond donors (Lipinski definition) is 0. The predicted molar refractivity (Wildman–Crippen MR) is 69.4 cm³/mol. The normalized spacial score (nSPS) is 10.1. The van der Waals surface area contributed by atoms with Crippen molar-refractivity contribution in [3.63, 3.8) is 0 Å². The molecule has 0 atom stereocenters. The van der Waals surface area contributed by atoms with Gasteiger partial charge in [-0.3, -0.25) is 4.18 Å². The average Bonchev–Trinajstić information content (AvgIpc) is 2.24. The Bertz CT molecular complexity index is 261. The van der Waals surface area contributed by atoms with E-state index in [1.54, 1.807) is 0 Å². The summed E-state index contributed by atoms with van der Waals surface area (Å²) in [6.07, 6.45) is 11.7. The predicted octanol–water partition coefficient (Wildman–Crippen LogP) is -2.78. The van der Waals surface area contributed by atoms with E-state index in [2.05, 4.69) is 11.1 Å². The van der Waals surface area contributed by atoms with E-state index in [4.69, 9.17) is 0 Å². The molecule has 1 N–H and O–H groups in total. The second kappa shape index (κ2) is 20.8. The molecule has 0 heterocycles. The van der Waals surface area contributed by atoms with Gasteiger partial charge >= 0.3 is 59.1 Å². The van der Waals surface area contributed by atoms with Crippen molar-refractivity contribution in [1.29, 1.82) is 0 Å². The van der Waals surface area contributed by atoms with Gasteiger partial charge in [0, 0.05) is 0 Å². The van der Waals surface area contributed by atoms with Crippen LogP contribution in [0.4, 0.5) is 0 Å². The van der Waals surface area contributed by atoms with Crippen LogP contribution in [0.3, 0.4) is 0 Å². The Balaban J connectivity index is -0.000000427. The van der Waals surface area contributed by atoms with Gasteiger partial charge in [0.15, 0.2) is 0 Å². The summed E-state index contributed by atoms with van der Waals surface area (Å²) in [7, 11) is -4.48. The zero-order valence-electron chi connectivity index (χ0n) is 13.3. The van der Waals surface area contributed by atoms with Crippen LogP contribution in [-0.4, -0.2) is 25.1 Å². The van der Waals surface area contributed by atoms with E-state index < -0.39 is 10.4 Å². The molecule has 20 heavy (non-hydrogen) atoms. The van der Waals surface area contributed by atoms with Gasteiger partial charge in [-0.05, 0) is 6.42 Å². The first kappa shape index (κ1) is 29.8. The minimum absolute atomic E-state index is 0. The summed E-state index contributed by atoms with van der Waals surface area (Å²) in [5.74, 6) is 0. The van der Waals surface area contributed by atoms with Crippen molar-refractivity contribution in [3.05, 3.63) is 0 Å². The summed E-state index contributed by atoms with van der Waals surface area (Å²) in [5, 5.41) is 0. The standard InChI is InChI=1S/C12H26O4S.2Na.H2O/c1-2-3-4-5-6-7-8-9-10-11-12-16-17(13,14)15;;;/h2-12H2,1H3,(H,13,14,15);;;1H2/q;2*+1;/p-2. The number of rotatable bonds is 12. The van der Waals surface area contributed by atoms with Crippen molar-refractivity contribution >= 4 is 10.4 Å². The Morgan fingerprint density at radius 3 is 1.50 bits per heavy atom. The zero-order chi connectivity index (χ0) is 13.0. The van der Waals surface area contributed by atoms with E-state index >= 15 is 0 Å². The van der Waals surface area contributed by atoms with Gasteiger partial charge in [-0.15, -0.1) is 0 Å². The molecule has 0 fully saturated rings. The van der Waals surface area contributed by atoms with Crippen molar-refractivity contribution in [1.82, 2.24) is 0 Å². The first-order valence-corrected chi connectivity index (χ1v) is 8.00. The first-order chi connectivity index (χ1) is 8.06. The van der Waals surface area contributed by atoms with E-state index in [1.807, 2.05) is 0 Å². The summed E-state index contributed by atoms with van der Waals surface area (Å²) < 4.78 is 34.5. The largest absolute Gasteiger partial charge is 1.00 e. The molecule has 0 amide bonds. The Kier molecular flexibility index (Phi) is 31.0. The molecule has 0 aromatic rings. The van der Waals surface area contributed by atoms with Crippen LogP contribution in [0, 0.1) is 0 Å². The van der Waals surface area contributed by atoms with E-state index in [0.29, 0.717) is 6.42 Å². The molecule has 0 bridgehead atoms. The monoisotopic (exact) mass is 328 g/mol. The summed E-state index contributed by atoms with van der Waals surface area (Å²) in [6, 6.07) is 0. The van der Waals surface area contributed by atoms with Crippen LogP contribution in [-0.2, 0) is 14.6 Å². The Hall–Kier alpha value is 1.83. The quantitative estimate of drug-likeness (QED) is 0.167. The fourth-order valence-corrected chi connectivity index (χ4v) is 2.07. The van der Waals surface area contributed by atoms with E-state index in [9.17, 15) is 13.0 Å².